The standard InChI is InChI=1S/C21H21BrClN5O2/c1-28-20(18(22)12-25-28)17-10-15(6-7-19(17)30-16-8-9-24-11-16)27-21(29)26-14-4-2-13(23)3-5-14/h2-7,10,12,16,24H,8-9,11H2,1H3,(H2,26,27,29). The Labute approximate surface area is 187 Å². The quantitative estimate of drug-likeness (QED) is 0.476. The highest BCUT2D eigenvalue weighted by Crippen LogP contribution is 2.37. The summed E-state index contributed by atoms with van der Waals surface area (Å²) in [6.45, 7) is 1.76. The van der Waals surface area contributed by atoms with Gasteiger partial charge in [0.15, 0.2) is 0 Å². The molecule has 1 aliphatic heterocycles. The molecule has 1 aromatic heterocycles. The van der Waals surface area contributed by atoms with Crippen LogP contribution in [0.5, 0.6) is 5.75 Å². The number of amides is 2. The highest BCUT2D eigenvalue weighted by molar-refractivity contribution is 9.10. The van der Waals surface area contributed by atoms with Crippen LogP contribution in [0.25, 0.3) is 11.3 Å². The monoisotopic (exact) mass is 489 g/mol. The van der Waals surface area contributed by atoms with Crippen molar-refractivity contribution in [3.8, 4) is 17.0 Å². The number of carbonyl (C=O) groups is 1. The average molecular weight is 491 g/mol. The number of urea groups is 1. The first kappa shape index (κ1) is 20.7. The van der Waals surface area contributed by atoms with Crippen molar-refractivity contribution < 1.29 is 9.53 Å². The molecule has 0 saturated carbocycles. The predicted octanol–water partition coefficient (Wildman–Crippen LogP) is 4.89. The number of hydrogen-bond acceptors (Lipinski definition) is 4. The summed E-state index contributed by atoms with van der Waals surface area (Å²) in [7, 11) is 1.87. The number of nitrogens with one attached hydrogen (secondary N) is 3. The summed E-state index contributed by atoms with van der Waals surface area (Å²) < 4.78 is 8.87. The van der Waals surface area contributed by atoms with Crippen molar-refractivity contribution in [1.29, 1.82) is 0 Å². The van der Waals surface area contributed by atoms with Gasteiger partial charge >= 0.3 is 6.03 Å². The van der Waals surface area contributed by atoms with Crippen LogP contribution in [-0.2, 0) is 7.05 Å². The minimum atomic E-state index is -0.346. The number of aryl methyl sites for hydroxylation is 1. The molecule has 1 unspecified atom stereocenters. The van der Waals surface area contributed by atoms with Crippen molar-refractivity contribution >= 4 is 44.9 Å². The molecule has 3 N–H and O–H groups in total. The van der Waals surface area contributed by atoms with Crippen LogP contribution in [0.1, 0.15) is 6.42 Å². The maximum Gasteiger partial charge on any atom is 0.323 e. The summed E-state index contributed by atoms with van der Waals surface area (Å²) in [6.07, 6.45) is 2.81. The van der Waals surface area contributed by atoms with E-state index in [4.69, 9.17) is 16.3 Å². The lowest BCUT2D eigenvalue weighted by molar-refractivity contribution is 0.224. The Morgan fingerprint density at radius 1 is 1.23 bits per heavy atom. The van der Waals surface area contributed by atoms with Crippen LogP contribution in [-0.4, -0.2) is 35.0 Å². The molecule has 1 aliphatic rings. The fraction of sp³-hybridized carbons (Fsp3) is 0.238. The molecule has 2 heterocycles. The molecular formula is C21H21BrClN5O2. The Morgan fingerprint density at radius 2 is 1.97 bits per heavy atom. The van der Waals surface area contributed by atoms with Crippen LogP contribution >= 0.6 is 27.5 Å². The molecule has 2 amide bonds. The van der Waals surface area contributed by atoms with Crippen LogP contribution in [0.15, 0.2) is 53.1 Å². The van der Waals surface area contributed by atoms with E-state index in [2.05, 4.69) is 37.0 Å². The summed E-state index contributed by atoms with van der Waals surface area (Å²) in [5, 5.41) is 13.9. The molecule has 0 aliphatic carbocycles. The van der Waals surface area contributed by atoms with E-state index in [0.717, 1.165) is 41.0 Å². The molecule has 30 heavy (non-hydrogen) atoms. The fourth-order valence-corrected chi connectivity index (χ4v) is 4.03. The second kappa shape index (κ2) is 9.07. The normalized spacial score (nSPS) is 15.8. The van der Waals surface area contributed by atoms with Crippen molar-refractivity contribution in [3.05, 3.63) is 58.2 Å². The van der Waals surface area contributed by atoms with Gasteiger partial charge in [-0.05, 0) is 71.4 Å². The van der Waals surface area contributed by atoms with Crippen molar-refractivity contribution in [2.45, 2.75) is 12.5 Å². The lowest BCUT2D eigenvalue weighted by Gasteiger charge is -2.18. The first-order chi connectivity index (χ1) is 14.5. The minimum absolute atomic E-state index is 0.114. The average Bonchev–Trinajstić information content (AvgIpc) is 3.34. The largest absolute Gasteiger partial charge is 0.488 e. The minimum Gasteiger partial charge on any atom is -0.488 e. The Hall–Kier alpha value is -2.55. The van der Waals surface area contributed by atoms with Gasteiger partial charge < -0.3 is 20.7 Å². The molecule has 1 saturated heterocycles. The molecular weight excluding hydrogens is 470 g/mol. The Morgan fingerprint density at radius 3 is 2.63 bits per heavy atom. The van der Waals surface area contributed by atoms with Crippen molar-refractivity contribution in [1.82, 2.24) is 15.1 Å². The van der Waals surface area contributed by atoms with Gasteiger partial charge in [-0.1, -0.05) is 11.6 Å². The zero-order chi connectivity index (χ0) is 21.1. The van der Waals surface area contributed by atoms with E-state index in [9.17, 15) is 4.79 Å². The maximum atomic E-state index is 12.4. The van der Waals surface area contributed by atoms with E-state index >= 15 is 0 Å². The number of rotatable bonds is 5. The zero-order valence-corrected chi connectivity index (χ0v) is 18.6. The van der Waals surface area contributed by atoms with Gasteiger partial charge in [-0.15, -0.1) is 0 Å². The van der Waals surface area contributed by atoms with Gasteiger partial charge in [-0.25, -0.2) is 4.79 Å². The van der Waals surface area contributed by atoms with E-state index in [1.165, 1.54) is 0 Å². The highest BCUT2D eigenvalue weighted by Gasteiger charge is 2.21. The van der Waals surface area contributed by atoms with Crippen molar-refractivity contribution in [2.75, 3.05) is 23.7 Å². The lowest BCUT2D eigenvalue weighted by Crippen LogP contribution is -2.21. The van der Waals surface area contributed by atoms with Crippen LogP contribution < -0.4 is 20.7 Å². The van der Waals surface area contributed by atoms with E-state index < -0.39 is 0 Å². The number of ether oxygens (including phenoxy) is 1. The third kappa shape index (κ3) is 4.77. The third-order valence-electron chi connectivity index (χ3n) is 4.80. The number of nitrogens with zero attached hydrogens (tertiary/aromatic N) is 2. The summed E-state index contributed by atoms with van der Waals surface area (Å²) in [5.41, 5.74) is 3.01. The van der Waals surface area contributed by atoms with E-state index in [1.54, 1.807) is 35.1 Å². The molecule has 7 nitrogen and oxygen atoms in total. The van der Waals surface area contributed by atoms with Gasteiger partial charge in [-0.2, -0.15) is 5.10 Å². The first-order valence-corrected chi connectivity index (χ1v) is 10.7. The summed E-state index contributed by atoms with van der Waals surface area (Å²) in [4.78, 5) is 12.4. The van der Waals surface area contributed by atoms with E-state index in [-0.39, 0.29) is 12.1 Å². The Balaban J connectivity index is 1.58. The number of benzene rings is 2. The van der Waals surface area contributed by atoms with Gasteiger partial charge in [-0.3, -0.25) is 4.68 Å². The summed E-state index contributed by atoms with van der Waals surface area (Å²) >= 11 is 9.45. The molecule has 1 atom stereocenters. The number of halogens is 2. The molecule has 156 valence electrons. The van der Waals surface area contributed by atoms with Crippen molar-refractivity contribution in [3.63, 3.8) is 0 Å². The van der Waals surface area contributed by atoms with Gasteiger partial charge in [0, 0.05) is 35.6 Å². The van der Waals surface area contributed by atoms with Crippen LogP contribution in [0.3, 0.4) is 0 Å². The summed E-state index contributed by atoms with van der Waals surface area (Å²) in [5.74, 6) is 0.747. The number of hydrogen-bond donors (Lipinski definition) is 3. The first-order valence-electron chi connectivity index (χ1n) is 9.52. The van der Waals surface area contributed by atoms with E-state index in [0.29, 0.717) is 16.4 Å². The molecule has 0 radical (unpaired) electrons. The van der Waals surface area contributed by atoms with Crippen molar-refractivity contribution in [2.24, 2.45) is 7.05 Å². The summed E-state index contributed by atoms with van der Waals surface area (Å²) in [6, 6.07) is 12.2. The van der Waals surface area contributed by atoms with Crippen LogP contribution in [0.2, 0.25) is 5.02 Å². The number of carbonyl (C=O) groups excluding carboxylic acids is 1. The SMILES string of the molecule is Cn1ncc(Br)c1-c1cc(NC(=O)Nc2ccc(Cl)cc2)ccc1OC1CCNC1. The number of anilines is 2. The molecule has 0 spiro atoms. The zero-order valence-electron chi connectivity index (χ0n) is 16.3. The highest BCUT2D eigenvalue weighted by atomic mass is 79.9. The third-order valence-corrected chi connectivity index (χ3v) is 5.63. The van der Waals surface area contributed by atoms with Crippen LogP contribution in [0, 0.1) is 0 Å². The van der Waals surface area contributed by atoms with Gasteiger partial charge in [0.25, 0.3) is 0 Å². The molecule has 4 rings (SSSR count). The Kier molecular flexibility index (Phi) is 6.26. The molecule has 2 aromatic carbocycles. The lowest BCUT2D eigenvalue weighted by atomic mass is 10.1. The van der Waals surface area contributed by atoms with Gasteiger partial charge in [0.1, 0.15) is 11.9 Å². The molecule has 0 bridgehead atoms. The second-order valence-corrected chi connectivity index (χ2v) is 8.29. The smallest absolute Gasteiger partial charge is 0.323 e. The topological polar surface area (TPSA) is 80.2 Å². The second-order valence-electron chi connectivity index (χ2n) is 6.99. The van der Waals surface area contributed by atoms with Gasteiger partial charge in [0.05, 0.1) is 16.4 Å². The van der Waals surface area contributed by atoms with Gasteiger partial charge in [0.2, 0.25) is 0 Å². The maximum absolute atomic E-state index is 12.4. The van der Waals surface area contributed by atoms with Crippen LogP contribution in [0.4, 0.5) is 16.2 Å². The Bertz CT molecular complexity index is 1030. The predicted molar refractivity (Wildman–Crippen MR) is 122 cm³/mol. The van der Waals surface area contributed by atoms with E-state index in [1.807, 2.05) is 25.2 Å². The molecule has 9 heteroatoms. The number of aromatic nitrogens is 2. The fourth-order valence-electron chi connectivity index (χ4n) is 3.34. The molecule has 3 aromatic rings. The molecule has 1 fully saturated rings.